The number of carbonyl (C=O) groups excluding carboxylic acids is 1. The Morgan fingerprint density at radius 1 is 1.24 bits per heavy atom. The number of nitrogens with zero attached hydrogens (tertiary/aromatic N) is 1. The maximum Gasteiger partial charge on any atom is 0.256 e. The summed E-state index contributed by atoms with van der Waals surface area (Å²) in [5.41, 5.74) is 0.0584. The van der Waals surface area contributed by atoms with E-state index in [1.807, 2.05) is 38.1 Å². The molecule has 3 rings (SSSR count). The maximum absolute atomic E-state index is 12.6. The van der Waals surface area contributed by atoms with Gasteiger partial charge in [-0.25, -0.2) is 0 Å². The SMILES string of the molecule is CCOC(C)(C(=O)Nc1ccc(OCCN2CCCC2)cc1)C1CC1. The molecule has 0 radical (unpaired) electrons. The van der Waals surface area contributed by atoms with Crippen molar-refractivity contribution in [3.63, 3.8) is 0 Å². The Hall–Kier alpha value is -1.59. The predicted octanol–water partition coefficient (Wildman–Crippen LogP) is 3.30. The Kier molecular flexibility index (Phi) is 5.97. The highest BCUT2D eigenvalue weighted by Gasteiger charge is 2.48. The summed E-state index contributed by atoms with van der Waals surface area (Å²) >= 11 is 0. The van der Waals surface area contributed by atoms with Crippen molar-refractivity contribution in [1.82, 2.24) is 4.90 Å². The van der Waals surface area contributed by atoms with Crippen LogP contribution < -0.4 is 10.1 Å². The van der Waals surface area contributed by atoms with Crippen molar-refractivity contribution in [2.24, 2.45) is 5.92 Å². The van der Waals surface area contributed by atoms with E-state index in [0.29, 0.717) is 19.1 Å². The van der Waals surface area contributed by atoms with Gasteiger partial charge in [-0.2, -0.15) is 0 Å². The van der Waals surface area contributed by atoms with Crippen LogP contribution in [0.25, 0.3) is 0 Å². The third-order valence-corrected chi connectivity index (χ3v) is 5.24. The summed E-state index contributed by atoms with van der Waals surface area (Å²) < 4.78 is 11.6. The molecule has 1 N–H and O–H groups in total. The lowest BCUT2D eigenvalue weighted by Crippen LogP contribution is -2.44. The number of hydrogen-bond donors (Lipinski definition) is 1. The van der Waals surface area contributed by atoms with Crippen LogP contribution in [0.3, 0.4) is 0 Å². The fourth-order valence-corrected chi connectivity index (χ4v) is 3.49. The molecular weight excluding hydrogens is 316 g/mol. The first-order chi connectivity index (χ1) is 12.1. The topological polar surface area (TPSA) is 50.8 Å². The minimum atomic E-state index is -0.723. The Balaban J connectivity index is 1.48. The number of rotatable bonds is 9. The highest BCUT2D eigenvalue weighted by atomic mass is 16.5. The average molecular weight is 346 g/mol. The molecule has 2 aliphatic rings. The molecule has 0 bridgehead atoms. The molecule has 138 valence electrons. The van der Waals surface area contributed by atoms with Crippen LogP contribution in [0.4, 0.5) is 5.69 Å². The lowest BCUT2D eigenvalue weighted by Gasteiger charge is -2.28. The molecule has 1 saturated heterocycles. The molecule has 1 aliphatic carbocycles. The number of likely N-dealkylation sites (tertiary alicyclic amines) is 1. The van der Waals surface area contributed by atoms with Crippen LogP contribution >= 0.6 is 0 Å². The Labute approximate surface area is 150 Å². The number of hydrogen-bond acceptors (Lipinski definition) is 4. The van der Waals surface area contributed by atoms with Gasteiger partial charge in [-0.15, -0.1) is 0 Å². The van der Waals surface area contributed by atoms with Crippen LogP contribution in [0.15, 0.2) is 24.3 Å². The molecule has 1 heterocycles. The second-order valence-electron chi connectivity index (χ2n) is 7.19. The van der Waals surface area contributed by atoms with Gasteiger partial charge in [0.2, 0.25) is 0 Å². The van der Waals surface area contributed by atoms with Gasteiger partial charge in [0, 0.05) is 18.8 Å². The number of carbonyl (C=O) groups is 1. The third-order valence-electron chi connectivity index (χ3n) is 5.24. The summed E-state index contributed by atoms with van der Waals surface area (Å²) in [6.45, 7) is 8.44. The second-order valence-corrected chi connectivity index (χ2v) is 7.19. The zero-order valence-electron chi connectivity index (χ0n) is 15.4. The van der Waals surface area contributed by atoms with E-state index in [1.54, 1.807) is 0 Å². The van der Waals surface area contributed by atoms with Crippen molar-refractivity contribution in [3.05, 3.63) is 24.3 Å². The van der Waals surface area contributed by atoms with Gasteiger partial charge in [-0.1, -0.05) is 0 Å². The summed E-state index contributed by atoms with van der Waals surface area (Å²) in [7, 11) is 0. The van der Waals surface area contributed by atoms with Crippen LogP contribution in [0.1, 0.15) is 39.5 Å². The molecule has 5 heteroatoms. The zero-order chi connectivity index (χ0) is 17.7. The van der Waals surface area contributed by atoms with E-state index in [-0.39, 0.29) is 5.91 Å². The molecule has 0 spiro atoms. The molecule has 1 aliphatic heterocycles. The molecule has 1 amide bonds. The van der Waals surface area contributed by atoms with E-state index in [0.717, 1.165) is 30.8 Å². The minimum Gasteiger partial charge on any atom is -0.492 e. The van der Waals surface area contributed by atoms with Crippen LogP contribution in [0, 0.1) is 5.92 Å². The van der Waals surface area contributed by atoms with Gasteiger partial charge < -0.3 is 14.8 Å². The van der Waals surface area contributed by atoms with Gasteiger partial charge in [0.1, 0.15) is 18.0 Å². The number of nitrogens with one attached hydrogen (secondary N) is 1. The average Bonchev–Trinajstić information content (AvgIpc) is 3.35. The predicted molar refractivity (Wildman–Crippen MR) is 99.0 cm³/mol. The quantitative estimate of drug-likeness (QED) is 0.745. The number of benzene rings is 1. The van der Waals surface area contributed by atoms with Crippen LogP contribution in [-0.2, 0) is 9.53 Å². The van der Waals surface area contributed by atoms with E-state index < -0.39 is 5.60 Å². The Morgan fingerprint density at radius 3 is 2.52 bits per heavy atom. The van der Waals surface area contributed by atoms with Crippen molar-refractivity contribution in [2.75, 3.05) is 38.2 Å². The van der Waals surface area contributed by atoms with E-state index in [2.05, 4.69) is 10.2 Å². The lowest BCUT2D eigenvalue weighted by atomic mass is 9.99. The zero-order valence-corrected chi connectivity index (χ0v) is 15.4. The first-order valence-corrected chi connectivity index (χ1v) is 9.52. The summed E-state index contributed by atoms with van der Waals surface area (Å²) in [5, 5.41) is 2.99. The highest BCUT2D eigenvalue weighted by molar-refractivity contribution is 5.97. The van der Waals surface area contributed by atoms with Crippen molar-refractivity contribution in [1.29, 1.82) is 0 Å². The first-order valence-electron chi connectivity index (χ1n) is 9.52. The van der Waals surface area contributed by atoms with Crippen LogP contribution in [0.5, 0.6) is 5.75 Å². The van der Waals surface area contributed by atoms with Gasteiger partial charge in [0.05, 0.1) is 0 Å². The summed E-state index contributed by atoms with van der Waals surface area (Å²) in [4.78, 5) is 15.1. The lowest BCUT2D eigenvalue weighted by molar-refractivity contribution is -0.141. The summed E-state index contributed by atoms with van der Waals surface area (Å²) in [6, 6.07) is 7.61. The molecule has 1 aromatic rings. The number of ether oxygens (including phenoxy) is 2. The molecule has 1 aromatic carbocycles. The largest absolute Gasteiger partial charge is 0.492 e. The number of amides is 1. The fourth-order valence-electron chi connectivity index (χ4n) is 3.49. The second kappa shape index (κ2) is 8.19. The van der Waals surface area contributed by atoms with Gasteiger partial charge in [0.25, 0.3) is 5.91 Å². The van der Waals surface area contributed by atoms with Gasteiger partial charge in [-0.05, 0) is 82.8 Å². The highest BCUT2D eigenvalue weighted by Crippen LogP contribution is 2.42. The van der Waals surface area contributed by atoms with Gasteiger partial charge >= 0.3 is 0 Å². The number of anilines is 1. The Bertz CT molecular complexity index is 565. The van der Waals surface area contributed by atoms with Crippen molar-refractivity contribution < 1.29 is 14.3 Å². The fraction of sp³-hybridized carbons (Fsp3) is 0.650. The van der Waals surface area contributed by atoms with Gasteiger partial charge in [0.15, 0.2) is 0 Å². The smallest absolute Gasteiger partial charge is 0.256 e. The van der Waals surface area contributed by atoms with Crippen LogP contribution in [-0.4, -0.2) is 49.3 Å². The Morgan fingerprint density at radius 2 is 1.92 bits per heavy atom. The standard InChI is InChI=1S/C20H30N2O3/c1-3-25-20(2,16-6-7-16)19(23)21-17-8-10-18(11-9-17)24-15-14-22-12-4-5-13-22/h8-11,16H,3-7,12-15H2,1-2H3,(H,21,23). The molecular formula is C20H30N2O3. The summed E-state index contributed by atoms with van der Waals surface area (Å²) in [5.74, 6) is 1.12. The normalized spacial score (nSPS) is 20.2. The van der Waals surface area contributed by atoms with E-state index >= 15 is 0 Å². The first kappa shape index (κ1) is 18.2. The minimum absolute atomic E-state index is 0.0560. The summed E-state index contributed by atoms with van der Waals surface area (Å²) in [6.07, 6.45) is 4.73. The van der Waals surface area contributed by atoms with Crippen molar-refractivity contribution in [3.8, 4) is 5.75 Å². The van der Waals surface area contributed by atoms with E-state index in [4.69, 9.17) is 9.47 Å². The molecule has 1 unspecified atom stereocenters. The molecule has 2 fully saturated rings. The third kappa shape index (κ3) is 4.73. The van der Waals surface area contributed by atoms with Crippen molar-refractivity contribution >= 4 is 11.6 Å². The molecule has 25 heavy (non-hydrogen) atoms. The monoisotopic (exact) mass is 346 g/mol. The van der Waals surface area contributed by atoms with Crippen LogP contribution in [0.2, 0.25) is 0 Å². The van der Waals surface area contributed by atoms with Gasteiger partial charge in [-0.3, -0.25) is 9.69 Å². The molecule has 1 saturated carbocycles. The molecule has 5 nitrogen and oxygen atoms in total. The maximum atomic E-state index is 12.6. The molecule has 0 aromatic heterocycles. The van der Waals surface area contributed by atoms with E-state index in [1.165, 1.54) is 25.9 Å². The van der Waals surface area contributed by atoms with E-state index in [9.17, 15) is 4.79 Å². The van der Waals surface area contributed by atoms with Crippen molar-refractivity contribution in [2.45, 2.75) is 45.1 Å². The molecule has 1 atom stereocenters.